The molecule has 0 spiro atoms. The van der Waals surface area contributed by atoms with E-state index in [1.54, 1.807) is 11.8 Å². The lowest BCUT2D eigenvalue weighted by atomic mass is 10.1. The molecule has 2 amide bonds. The van der Waals surface area contributed by atoms with Gasteiger partial charge < -0.3 is 0 Å². The monoisotopic (exact) mass is 259 g/mol. The van der Waals surface area contributed by atoms with Crippen LogP contribution in [0.4, 0.5) is 4.79 Å². The average molecular weight is 259 g/mol. The first-order valence-corrected chi connectivity index (χ1v) is 6.63. The lowest BCUT2D eigenvalue weighted by Crippen LogP contribution is -2.30. The summed E-state index contributed by atoms with van der Waals surface area (Å²) in [5.41, 5.74) is 0.895. The van der Waals surface area contributed by atoms with Gasteiger partial charge in [-0.25, -0.2) is 4.79 Å². The van der Waals surface area contributed by atoms with Gasteiger partial charge in [0.05, 0.1) is 6.54 Å². The molecular formula is C13H13N3OS. The second kappa shape index (κ2) is 5.15. The molecule has 1 unspecified atom stereocenters. The van der Waals surface area contributed by atoms with Gasteiger partial charge in [-0.05, 0) is 24.0 Å². The van der Waals surface area contributed by atoms with E-state index in [1.165, 1.54) is 4.90 Å². The van der Waals surface area contributed by atoms with Crippen molar-refractivity contribution in [2.45, 2.75) is 10.9 Å². The number of nitrogens with one attached hydrogen (secondary N) is 2. The highest BCUT2D eigenvalue weighted by atomic mass is 32.2. The number of carbonyl (C=O) groups is 1. The highest BCUT2D eigenvalue weighted by Gasteiger charge is 2.35. The van der Waals surface area contributed by atoms with Crippen LogP contribution in [-0.2, 0) is 0 Å². The van der Waals surface area contributed by atoms with Crippen molar-refractivity contribution in [3.63, 3.8) is 0 Å². The lowest BCUT2D eigenvalue weighted by molar-refractivity contribution is 0.212. The summed E-state index contributed by atoms with van der Waals surface area (Å²) >= 11 is 1.65. The molecule has 2 rings (SSSR count). The normalized spacial score (nSPS) is 18.7. The maximum atomic E-state index is 11.7. The van der Waals surface area contributed by atoms with Gasteiger partial charge in [0.1, 0.15) is 11.9 Å². The van der Waals surface area contributed by atoms with Crippen molar-refractivity contribution in [1.29, 1.82) is 5.41 Å². The van der Waals surface area contributed by atoms with Crippen LogP contribution < -0.4 is 5.32 Å². The Morgan fingerprint density at radius 3 is 2.72 bits per heavy atom. The summed E-state index contributed by atoms with van der Waals surface area (Å²) in [5, 5.41) is 10.3. The molecule has 4 nitrogen and oxygen atoms in total. The highest BCUT2D eigenvalue weighted by Crippen LogP contribution is 2.27. The molecule has 1 aliphatic heterocycles. The zero-order valence-electron chi connectivity index (χ0n) is 9.93. The van der Waals surface area contributed by atoms with E-state index in [2.05, 4.69) is 11.2 Å². The largest absolute Gasteiger partial charge is 0.324 e. The number of hydrogen-bond donors (Lipinski definition) is 2. The predicted molar refractivity (Wildman–Crippen MR) is 72.8 cm³/mol. The third-order valence-electron chi connectivity index (χ3n) is 2.78. The molecule has 1 aromatic rings. The summed E-state index contributed by atoms with van der Waals surface area (Å²) in [4.78, 5) is 14.3. The summed E-state index contributed by atoms with van der Waals surface area (Å²) in [5.74, 6) is 2.62. The molecule has 0 aromatic heterocycles. The Kier molecular flexibility index (Phi) is 3.58. The second-order valence-corrected chi connectivity index (χ2v) is 4.73. The fourth-order valence-electron chi connectivity index (χ4n) is 1.92. The zero-order valence-corrected chi connectivity index (χ0v) is 10.8. The van der Waals surface area contributed by atoms with E-state index in [-0.39, 0.29) is 18.4 Å². The van der Waals surface area contributed by atoms with Crippen LogP contribution in [-0.4, -0.2) is 29.6 Å². The second-order valence-electron chi connectivity index (χ2n) is 3.85. The summed E-state index contributed by atoms with van der Waals surface area (Å²) in [6.45, 7) is 0.198. The molecule has 18 heavy (non-hydrogen) atoms. The minimum atomic E-state index is -0.399. The Balaban J connectivity index is 2.31. The van der Waals surface area contributed by atoms with Gasteiger partial charge in [-0.3, -0.25) is 15.6 Å². The van der Waals surface area contributed by atoms with Crippen LogP contribution in [0.3, 0.4) is 0 Å². The standard InChI is InChI=1S/C13H13N3OS/c1-3-8-16-11(12(14)15-13(16)17)9-4-6-10(18-2)7-5-9/h1,4-7,11H,8H2,2H3,(H2,14,15,17). The Morgan fingerprint density at radius 2 is 2.17 bits per heavy atom. The third kappa shape index (κ3) is 2.20. The molecule has 1 aromatic carbocycles. The van der Waals surface area contributed by atoms with Crippen LogP contribution in [0.5, 0.6) is 0 Å². The SMILES string of the molecule is C#CCN1C(=O)NC(=N)C1c1ccc(SC)cc1. The number of rotatable bonds is 3. The smallest absolute Gasteiger partial charge is 0.299 e. The van der Waals surface area contributed by atoms with E-state index in [4.69, 9.17) is 11.8 Å². The molecule has 92 valence electrons. The van der Waals surface area contributed by atoms with E-state index in [1.807, 2.05) is 30.5 Å². The summed E-state index contributed by atoms with van der Waals surface area (Å²) in [6.07, 6.45) is 7.26. The number of amidine groups is 1. The fourth-order valence-corrected chi connectivity index (χ4v) is 2.33. The minimum absolute atomic E-state index is 0.173. The maximum absolute atomic E-state index is 11.7. The summed E-state index contributed by atoms with van der Waals surface area (Å²) in [7, 11) is 0. The van der Waals surface area contributed by atoms with Gasteiger partial charge >= 0.3 is 6.03 Å². The number of benzene rings is 1. The van der Waals surface area contributed by atoms with Crippen molar-refractivity contribution in [2.24, 2.45) is 0 Å². The summed E-state index contributed by atoms with van der Waals surface area (Å²) in [6, 6.07) is 7.10. The van der Waals surface area contributed by atoms with E-state index in [0.717, 1.165) is 10.5 Å². The zero-order chi connectivity index (χ0) is 13.1. The van der Waals surface area contributed by atoms with Gasteiger partial charge in [0.15, 0.2) is 0 Å². The van der Waals surface area contributed by atoms with Crippen LogP contribution >= 0.6 is 11.8 Å². The van der Waals surface area contributed by atoms with Crippen LogP contribution in [0.15, 0.2) is 29.2 Å². The lowest BCUT2D eigenvalue weighted by Gasteiger charge is -2.20. The van der Waals surface area contributed by atoms with Gasteiger partial charge in [-0.15, -0.1) is 18.2 Å². The topological polar surface area (TPSA) is 56.2 Å². The van der Waals surface area contributed by atoms with Crippen molar-refractivity contribution in [3.05, 3.63) is 29.8 Å². The number of amides is 2. The van der Waals surface area contributed by atoms with Gasteiger partial charge in [0, 0.05) is 4.90 Å². The van der Waals surface area contributed by atoms with Crippen molar-refractivity contribution in [3.8, 4) is 12.3 Å². The first kappa shape index (κ1) is 12.5. The van der Waals surface area contributed by atoms with Crippen molar-refractivity contribution in [2.75, 3.05) is 12.8 Å². The Morgan fingerprint density at radius 1 is 1.50 bits per heavy atom. The molecule has 0 aliphatic carbocycles. The number of nitrogens with zero attached hydrogens (tertiary/aromatic N) is 1. The number of carbonyl (C=O) groups excluding carboxylic acids is 1. The first-order valence-electron chi connectivity index (χ1n) is 5.41. The first-order chi connectivity index (χ1) is 8.67. The minimum Gasteiger partial charge on any atom is -0.299 e. The van der Waals surface area contributed by atoms with Gasteiger partial charge in [0.2, 0.25) is 0 Å². The molecular weight excluding hydrogens is 246 g/mol. The number of terminal acetylenes is 1. The Labute approximate surface area is 110 Å². The van der Waals surface area contributed by atoms with E-state index >= 15 is 0 Å². The molecule has 0 saturated carbocycles. The quantitative estimate of drug-likeness (QED) is 0.645. The van der Waals surface area contributed by atoms with Crippen LogP contribution in [0.1, 0.15) is 11.6 Å². The number of hydrogen-bond acceptors (Lipinski definition) is 3. The molecule has 5 heteroatoms. The third-order valence-corrected chi connectivity index (χ3v) is 3.52. The molecule has 2 N–H and O–H groups in total. The molecule has 1 aliphatic rings. The van der Waals surface area contributed by atoms with Crippen molar-refractivity contribution < 1.29 is 4.79 Å². The van der Waals surface area contributed by atoms with E-state index in [0.29, 0.717) is 0 Å². The molecule has 1 saturated heterocycles. The van der Waals surface area contributed by atoms with Gasteiger partial charge in [0.25, 0.3) is 0 Å². The predicted octanol–water partition coefficient (Wildman–Crippen LogP) is 2.09. The Hall–Kier alpha value is -1.93. The van der Waals surface area contributed by atoms with Crippen molar-refractivity contribution in [1.82, 2.24) is 10.2 Å². The Bertz CT molecular complexity index is 518. The number of thioether (sulfide) groups is 1. The van der Waals surface area contributed by atoms with Crippen LogP contribution in [0.2, 0.25) is 0 Å². The fraction of sp³-hybridized carbons (Fsp3) is 0.231. The van der Waals surface area contributed by atoms with E-state index < -0.39 is 6.04 Å². The maximum Gasteiger partial charge on any atom is 0.324 e. The average Bonchev–Trinajstić information content (AvgIpc) is 2.65. The molecule has 1 fully saturated rings. The van der Waals surface area contributed by atoms with Crippen LogP contribution in [0.25, 0.3) is 0 Å². The van der Waals surface area contributed by atoms with Gasteiger partial charge in [-0.2, -0.15) is 0 Å². The molecule has 0 bridgehead atoms. The molecule has 1 atom stereocenters. The highest BCUT2D eigenvalue weighted by molar-refractivity contribution is 7.98. The molecule has 1 heterocycles. The van der Waals surface area contributed by atoms with Gasteiger partial charge in [-0.1, -0.05) is 18.1 Å². The number of urea groups is 1. The summed E-state index contributed by atoms with van der Waals surface area (Å²) < 4.78 is 0. The molecule has 0 radical (unpaired) electrons. The van der Waals surface area contributed by atoms with E-state index in [9.17, 15) is 4.79 Å². The van der Waals surface area contributed by atoms with Crippen molar-refractivity contribution >= 4 is 23.6 Å². The van der Waals surface area contributed by atoms with Crippen LogP contribution in [0, 0.1) is 17.8 Å².